The molecule has 0 saturated carbocycles. The topological polar surface area (TPSA) is 61.4 Å². The van der Waals surface area contributed by atoms with E-state index >= 15 is 0 Å². The number of carbonyl (C=O) groups is 2. The van der Waals surface area contributed by atoms with Crippen LogP contribution in [0, 0.1) is 5.92 Å². The van der Waals surface area contributed by atoms with Crippen LogP contribution in [-0.2, 0) is 4.79 Å². The van der Waals surface area contributed by atoms with Gasteiger partial charge < -0.3 is 15.5 Å². The van der Waals surface area contributed by atoms with Crippen LogP contribution in [0.25, 0.3) is 0 Å². The Hall–Kier alpha value is -1.53. The molecule has 3 rings (SSSR count). The summed E-state index contributed by atoms with van der Waals surface area (Å²) in [6.45, 7) is 8.13. The second kappa shape index (κ2) is 8.23. The maximum absolute atomic E-state index is 12.4. The van der Waals surface area contributed by atoms with Gasteiger partial charge >= 0.3 is 0 Å². The predicted octanol–water partition coefficient (Wildman–Crippen LogP) is 2.97. The van der Waals surface area contributed by atoms with Crippen LogP contribution in [0.15, 0.2) is 23.1 Å². The van der Waals surface area contributed by atoms with Crippen LogP contribution in [0.5, 0.6) is 0 Å². The number of carbonyl (C=O) groups excluding carboxylic acids is 2. The Morgan fingerprint density at radius 3 is 2.88 bits per heavy atom. The highest BCUT2D eigenvalue weighted by atomic mass is 32.2. The van der Waals surface area contributed by atoms with Crippen molar-refractivity contribution in [1.82, 2.24) is 10.2 Å². The number of anilines is 1. The van der Waals surface area contributed by atoms with Crippen molar-refractivity contribution in [2.45, 2.75) is 43.3 Å². The highest BCUT2D eigenvalue weighted by Crippen LogP contribution is 2.35. The molecule has 1 fully saturated rings. The molecule has 1 aromatic rings. The summed E-state index contributed by atoms with van der Waals surface area (Å²) in [5, 5.41) is 5.81. The van der Waals surface area contributed by atoms with Gasteiger partial charge in [0.2, 0.25) is 5.91 Å². The van der Waals surface area contributed by atoms with E-state index < -0.39 is 0 Å². The first-order valence-electron chi connectivity index (χ1n) is 9.15. The van der Waals surface area contributed by atoms with Gasteiger partial charge in [-0.2, -0.15) is 0 Å². The zero-order chi connectivity index (χ0) is 17.8. The third-order valence-electron chi connectivity index (χ3n) is 4.80. The summed E-state index contributed by atoms with van der Waals surface area (Å²) in [5.41, 5.74) is 1.33. The van der Waals surface area contributed by atoms with Gasteiger partial charge in [0.25, 0.3) is 5.91 Å². The monoisotopic (exact) mass is 361 g/mol. The number of likely N-dealkylation sites (tertiary alicyclic amines) is 1. The Labute approximate surface area is 153 Å². The number of hydrogen-bond donors (Lipinski definition) is 2. The Morgan fingerprint density at radius 1 is 1.36 bits per heavy atom. The fourth-order valence-electron chi connectivity index (χ4n) is 3.37. The number of hydrogen-bond acceptors (Lipinski definition) is 4. The number of rotatable bonds is 5. The molecule has 2 amide bonds. The van der Waals surface area contributed by atoms with Crippen molar-refractivity contribution in [2.24, 2.45) is 5.92 Å². The molecule has 2 N–H and O–H groups in total. The van der Waals surface area contributed by atoms with Crippen molar-refractivity contribution in [3.8, 4) is 0 Å². The molecule has 2 aliphatic heterocycles. The molecular weight excluding hydrogens is 334 g/mol. The zero-order valence-corrected chi connectivity index (χ0v) is 15.8. The molecule has 25 heavy (non-hydrogen) atoms. The van der Waals surface area contributed by atoms with Crippen LogP contribution in [0.3, 0.4) is 0 Å². The molecule has 2 atom stereocenters. The minimum absolute atomic E-state index is 0.00906. The first-order chi connectivity index (χ1) is 12.0. The van der Waals surface area contributed by atoms with Gasteiger partial charge in [-0.3, -0.25) is 9.59 Å². The summed E-state index contributed by atoms with van der Waals surface area (Å²) in [6.07, 6.45) is 3.92. The van der Waals surface area contributed by atoms with Gasteiger partial charge in [0.05, 0.1) is 10.9 Å². The third kappa shape index (κ3) is 4.76. The van der Waals surface area contributed by atoms with Gasteiger partial charge in [-0.05, 0) is 57.0 Å². The van der Waals surface area contributed by atoms with E-state index in [0.29, 0.717) is 18.0 Å². The fourth-order valence-corrected chi connectivity index (χ4v) is 4.30. The number of amides is 2. The highest BCUT2D eigenvalue weighted by Gasteiger charge is 2.24. The van der Waals surface area contributed by atoms with E-state index in [1.165, 1.54) is 44.1 Å². The van der Waals surface area contributed by atoms with Crippen molar-refractivity contribution in [1.29, 1.82) is 0 Å². The molecule has 2 unspecified atom stereocenters. The molecule has 0 spiro atoms. The highest BCUT2D eigenvalue weighted by molar-refractivity contribution is 8.00. The normalized spacial score (nSPS) is 22.0. The Morgan fingerprint density at radius 2 is 2.12 bits per heavy atom. The average molecular weight is 362 g/mol. The van der Waals surface area contributed by atoms with Crippen LogP contribution in [-0.4, -0.2) is 48.1 Å². The SMILES string of the molecule is CC(CNC(=O)c1ccc2c(c1)NC(=O)C(C)S2)CN1CCCCC1. The van der Waals surface area contributed by atoms with Crippen LogP contribution in [0.1, 0.15) is 43.5 Å². The van der Waals surface area contributed by atoms with Crippen molar-refractivity contribution in [3.63, 3.8) is 0 Å². The van der Waals surface area contributed by atoms with Gasteiger partial charge in [0.15, 0.2) is 0 Å². The fraction of sp³-hybridized carbons (Fsp3) is 0.579. The molecule has 0 aromatic heterocycles. The van der Waals surface area contributed by atoms with Crippen molar-refractivity contribution in [2.75, 3.05) is 31.5 Å². The van der Waals surface area contributed by atoms with Crippen molar-refractivity contribution >= 4 is 29.3 Å². The number of piperidine rings is 1. The maximum Gasteiger partial charge on any atom is 0.251 e. The molecule has 0 radical (unpaired) electrons. The van der Waals surface area contributed by atoms with E-state index in [-0.39, 0.29) is 17.1 Å². The molecule has 0 aliphatic carbocycles. The van der Waals surface area contributed by atoms with Crippen LogP contribution >= 0.6 is 11.8 Å². The van der Waals surface area contributed by atoms with Crippen LogP contribution in [0.2, 0.25) is 0 Å². The summed E-state index contributed by atoms with van der Waals surface area (Å²) >= 11 is 1.53. The summed E-state index contributed by atoms with van der Waals surface area (Å²) < 4.78 is 0. The largest absolute Gasteiger partial charge is 0.352 e. The first-order valence-corrected chi connectivity index (χ1v) is 10.0. The molecule has 1 saturated heterocycles. The minimum Gasteiger partial charge on any atom is -0.352 e. The lowest BCUT2D eigenvalue weighted by Crippen LogP contribution is -2.38. The third-order valence-corrected chi connectivity index (χ3v) is 5.98. The van der Waals surface area contributed by atoms with Crippen LogP contribution in [0.4, 0.5) is 5.69 Å². The zero-order valence-electron chi connectivity index (χ0n) is 15.0. The predicted molar refractivity (Wildman–Crippen MR) is 102 cm³/mol. The number of thioether (sulfide) groups is 1. The Kier molecular flexibility index (Phi) is 6.02. The van der Waals surface area contributed by atoms with Gasteiger partial charge in [0.1, 0.15) is 0 Å². The lowest BCUT2D eigenvalue weighted by Gasteiger charge is -2.29. The Bertz CT molecular complexity index is 644. The van der Waals surface area contributed by atoms with E-state index in [4.69, 9.17) is 0 Å². The summed E-state index contributed by atoms with van der Waals surface area (Å²) in [6, 6.07) is 5.53. The number of nitrogens with one attached hydrogen (secondary N) is 2. The van der Waals surface area contributed by atoms with Gasteiger partial charge in [-0.15, -0.1) is 11.8 Å². The van der Waals surface area contributed by atoms with E-state index in [9.17, 15) is 9.59 Å². The smallest absolute Gasteiger partial charge is 0.251 e. The summed E-state index contributed by atoms with van der Waals surface area (Å²) in [4.78, 5) is 27.7. The molecule has 6 heteroatoms. The van der Waals surface area contributed by atoms with Crippen LogP contribution < -0.4 is 10.6 Å². The number of benzene rings is 1. The summed E-state index contributed by atoms with van der Waals surface area (Å²) in [7, 11) is 0. The molecule has 0 bridgehead atoms. The Balaban J connectivity index is 1.53. The number of fused-ring (bicyclic) bond motifs is 1. The second-order valence-electron chi connectivity index (χ2n) is 7.14. The summed E-state index contributed by atoms with van der Waals surface area (Å²) in [5.74, 6) is 0.340. The van der Waals surface area contributed by atoms with Gasteiger partial charge in [-0.25, -0.2) is 0 Å². The first kappa shape index (κ1) is 18.3. The van der Waals surface area contributed by atoms with Gasteiger partial charge in [0, 0.05) is 23.5 Å². The quantitative estimate of drug-likeness (QED) is 0.846. The molecular formula is C19H27N3O2S. The minimum atomic E-state index is -0.0946. The molecule has 2 heterocycles. The molecule has 5 nitrogen and oxygen atoms in total. The maximum atomic E-state index is 12.4. The van der Waals surface area contributed by atoms with E-state index in [1.807, 2.05) is 19.1 Å². The van der Waals surface area contributed by atoms with Gasteiger partial charge in [-0.1, -0.05) is 13.3 Å². The van der Waals surface area contributed by atoms with Crippen molar-refractivity contribution in [3.05, 3.63) is 23.8 Å². The van der Waals surface area contributed by atoms with Crippen molar-refractivity contribution < 1.29 is 9.59 Å². The van der Waals surface area contributed by atoms with E-state index in [1.54, 1.807) is 6.07 Å². The lowest BCUT2D eigenvalue weighted by atomic mass is 10.1. The molecule has 2 aliphatic rings. The number of nitrogens with zero attached hydrogens (tertiary/aromatic N) is 1. The van der Waals surface area contributed by atoms with E-state index in [0.717, 1.165) is 17.1 Å². The second-order valence-corrected chi connectivity index (χ2v) is 8.52. The molecule has 136 valence electrons. The average Bonchev–Trinajstić information content (AvgIpc) is 2.61. The lowest BCUT2D eigenvalue weighted by molar-refractivity contribution is -0.115. The standard InChI is InChI=1S/C19H27N3O2S/c1-13(12-22-8-4-3-5-9-22)11-20-19(24)15-6-7-17-16(10-15)21-18(23)14(2)25-17/h6-7,10,13-14H,3-5,8-9,11-12H2,1-2H3,(H,20,24)(H,21,23). The van der Waals surface area contributed by atoms with E-state index in [2.05, 4.69) is 22.5 Å². The molecule has 1 aromatic carbocycles.